The van der Waals surface area contributed by atoms with Crippen molar-refractivity contribution in [3.05, 3.63) is 76.3 Å². The molecule has 2 aliphatic carbocycles. The average Bonchev–Trinajstić information content (AvgIpc) is 3.60. The maximum absolute atomic E-state index is 15.7. The Morgan fingerprint density at radius 2 is 1.65 bits per heavy atom. The second kappa shape index (κ2) is 18.8. The molecule has 10 rings (SSSR count). The first-order valence-corrected chi connectivity index (χ1v) is 23.9. The minimum absolute atomic E-state index is 0.0266. The topological polar surface area (TPSA) is 157 Å². The molecule has 3 saturated heterocycles. The molecule has 2 N–H and O–H groups in total. The van der Waals surface area contributed by atoms with Crippen molar-refractivity contribution in [1.82, 2.24) is 33.9 Å². The molecule has 5 heterocycles. The molecule has 0 radical (unpaired) electrons. The summed E-state index contributed by atoms with van der Waals surface area (Å²) in [5.74, 6) is -0.988. The van der Waals surface area contributed by atoms with Gasteiger partial charge in [0.05, 0.1) is 34.1 Å². The highest BCUT2D eigenvalue weighted by Crippen LogP contribution is 2.59. The largest absolute Gasteiger partial charge is 0.453 e. The van der Waals surface area contributed by atoms with E-state index in [0.717, 1.165) is 76.8 Å². The maximum atomic E-state index is 15.7. The summed E-state index contributed by atoms with van der Waals surface area (Å²) >= 11 is 1.29. The summed E-state index contributed by atoms with van der Waals surface area (Å²) in [6, 6.07) is 13.0. The van der Waals surface area contributed by atoms with Crippen LogP contribution in [0.5, 0.6) is 11.5 Å². The van der Waals surface area contributed by atoms with Crippen LogP contribution in [0.4, 0.5) is 30.8 Å². The molecule has 18 heteroatoms. The van der Waals surface area contributed by atoms with Crippen molar-refractivity contribution in [2.45, 2.75) is 91.6 Å². The molecule has 2 saturated carbocycles. The molecule has 3 aromatic carbocycles. The van der Waals surface area contributed by atoms with E-state index in [-0.39, 0.29) is 64.2 Å². The van der Waals surface area contributed by atoms with Crippen molar-refractivity contribution in [1.29, 1.82) is 5.26 Å². The van der Waals surface area contributed by atoms with Crippen molar-refractivity contribution in [3.63, 3.8) is 0 Å². The Hall–Kier alpha value is -5.77. The van der Waals surface area contributed by atoms with Crippen LogP contribution in [-0.2, 0) is 11.8 Å². The molecule has 5 aromatic rings. The number of carbonyl (C=O) groups excluding carboxylic acids is 2. The first-order valence-electron chi connectivity index (χ1n) is 23.2. The fraction of sp³-hybridized carbons (Fsp3) is 0.500. The lowest BCUT2D eigenvalue weighted by Crippen LogP contribution is -2.68. The van der Waals surface area contributed by atoms with Crippen molar-refractivity contribution >= 4 is 63.1 Å². The molecular formula is C48H59F2N11O4S. The zero-order chi connectivity index (χ0) is 47.1. The van der Waals surface area contributed by atoms with Crippen LogP contribution in [0.2, 0.25) is 0 Å². The third-order valence-electron chi connectivity index (χ3n) is 14.0. The monoisotopic (exact) mass is 923 g/mol. The molecule has 5 aliphatic rings. The Labute approximate surface area is 388 Å². The molecule has 0 bridgehead atoms. The van der Waals surface area contributed by atoms with Gasteiger partial charge in [0, 0.05) is 82.3 Å². The van der Waals surface area contributed by atoms with E-state index in [1.165, 1.54) is 35.2 Å². The van der Waals surface area contributed by atoms with Crippen LogP contribution >= 0.6 is 12.1 Å². The number of likely N-dealkylation sites (tertiary alicyclic amines) is 1. The van der Waals surface area contributed by atoms with Gasteiger partial charge >= 0.3 is 6.03 Å². The van der Waals surface area contributed by atoms with E-state index >= 15 is 8.78 Å². The van der Waals surface area contributed by atoms with E-state index in [1.807, 2.05) is 52.0 Å². The second-order valence-corrected chi connectivity index (χ2v) is 18.8. The summed E-state index contributed by atoms with van der Waals surface area (Å²) in [5.41, 5.74) is 2.53. The Kier molecular flexibility index (Phi) is 13.3. The van der Waals surface area contributed by atoms with Gasteiger partial charge in [-0.2, -0.15) is 10.4 Å². The number of fused-ring (bicyclic) bond motifs is 2. The summed E-state index contributed by atoms with van der Waals surface area (Å²) in [5, 5.41) is 17.7. The molecule has 5 fully saturated rings. The lowest BCUT2D eigenvalue weighted by atomic mass is 9.55. The smallest absolute Gasteiger partial charge is 0.329 e. The van der Waals surface area contributed by atoms with Gasteiger partial charge < -0.3 is 14.4 Å². The Morgan fingerprint density at radius 1 is 0.939 bits per heavy atom. The number of nitriles is 1. The van der Waals surface area contributed by atoms with Crippen LogP contribution < -0.4 is 30.1 Å². The molecule has 0 unspecified atom stereocenters. The number of anilines is 3. The molecule has 2 aromatic heterocycles. The van der Waals surface area contributed by atoms with Crippen molar-refractivity contribution in [3.8, 4) is 17.6 Å². The third kappa shape index (κ3) is 8.56. The van der Waals surface area contributed by atoms with Gasteiger partial charge in [-0.1, -0.05) is 34.6 Å². The van der Waals surface area contributed by atoms with Crippen LogP contribution in [0.1, 0.15) is 91.2 Å². The predicted molar refractivity (Wildman–Crippen MR) is 255 cm³/mol. The van der Waals surface area contributed by atoms with Crippen molar-refractivity contribution in [2.75, 3.05) is 60.8 Å². The van der Waals surface area contributed by atoms with Crippen LogP contribution in [0.3, 0.4) is 0 Å². The molecule has 3 aliphatic heterocycles. The number of imide groups is 1. The van der Waals surface area contributed by atoms with Gasteiger partial charge in [0.2, 0.25) is 5.91 Å². The normalized spacial score (nSPS) is 19.9. The third-order valence-corrected chi connectivity index (χ3v) is 14.9. The number of benzene rings is 3. The van der Waals surface area contributed by atoms with Crippen molar-refractivity contribution in [2.24, 2.45) is 17.9 Å². The van der Waals surface area contributed by atoms with E-state index < -0.39 is 11.8 Å². The zero-order valence-electron chi connectivity index (χ0n) is 38.8. The van der Waals surface area contributed by atoms with Gasteiger partial charge in [-0.25, -0.2) is 22.9 Å². The minimum atomic E-state index is -0.683. The molecule has 2 spiro atoms. The first kappa shape index (κ1) is 46.7. The first-order chi connectivity index (χ1) is 31.8. The number of amides is 3. The van der Waals surface area contributed by atoms with Crippen LogP contribution in [0, 0.1) is 33.8 Å². The number of nitrogens with zero attached hydrogens (tertiary/aromatic N) is 9. The van der Waals surface area contributed by atoms with E-state index in [9.17, 15) is 19.6 Å². The van der Waals surface area contributed by atoms with E-state index in [0.29, 0.717) is 39.5 Å². The summed E-state index contributed by atoms with van der Waals surface area (Å²) < 4.78 is 45.1. The number of aryl methyl sites for hydroxylation is 1. The highest BCUT2D eigenvalue weighted by molar-refractivity contribution is 7.98. The lowest BCUT2D eigenvalue weighted by molar-refractivity contribution is -0.148. The lowest BCUT2D eigenvalue weighted by Gasteiger charge is -2.65. The molecule has 0 atom stereocenters. The number of rotatable bonds is 10. The predicted octanol–water partition coefficient (Wildman–Crippen LogP) is 8.74. The average molecular weight is 924 g/mol. The number of urea groups is 1. The summed E-state index contributed by atoms with van der Waals surface area (Å²) in [7, 11) is 3.67. The van der Waals surface area contributed by atoms with E-state index in [4.69, 9.17) is 4.74 Å². The number of halogens is 2. The SMILES string of the molecule is CC.CC.CCN(C)SNc1ccc(F)c(Oc2ccc3ncn(C4CC5(C4)CN(C4CC6(CCN(c7cc8c(cc7F)c(N7CCC(=O)NC7=O)nn8C)CC6)C4)C5)c(=O)c3c2)c1C#N. The molecule has 350 valence electrons. The number of carbonyl (C=O) groups is 2. The summed E-state index contributed by atoms with van der Waals surface area (Å²) in [6.45, 7) is 14.5. The number of aromatic nitrogens is 4. The Balaban J connectivity index is 0.00000144. The molecule has 15 nitrogen and oxygen atoms in total. The number of piperidine rings is 1. The number of nitrogens with one attached hydrogen (secondary N) is 2. The van der Waals surface area contributed by atoms with Crippen LogP contribution in [0.15, 0.2) is 53.6 Å². The second-order valence-electron chi connectivity index (χ2n) is 17.8. The van der Waals surface area contributed by atoms with Gasteiger partial charge in [0.25, 0.3) is 5.56 Å². The Bertz CT molecular complexity index is 2740. The number of hydrogen-bond acceptors (Lipinski definition) is 12. The fourth-order valence-electron chi connectivity index (χ4n) is 10.4. The highest BCUT2D eigenvalue weighted by Gasteiger charge is 2.58. The van der Waals surface area contributed by atoms with Crippen LogP contribution in [-0.4, -0.2) is 92.8 Å². The maximum Gasteiger partial charge on any atom is 0.329 e. The quantitative estimate of drug-likeness (QED) is 0.129. The summed E-state index contributed by atoms with van der Waals surface area (Å²) in [6.07, 6.45) is 7.88. The van der Waals surface area contributed by atoms with Gasteiger partial charge in [-0.05, 0) is 98.9 Å². The number of ether oxygens (including phenoxy) is 1. The molecule has 3 amide bonds. The van der Waals surface area contributed by atoms with Crippen LogP contribution in [0.25, 0.3) is 21.8 Å². The molecule has 66 heavy (non-hydrogen) atoms. The minimum Gasteiger partial charge on any atom is -0.453 e. The summed E-state index contributed by atoms with van der Waals surface area (Å²) in [4.78, 5) is 48.8. The number of hydrogen-bond donors (Lipinski definition) is 2. The van der Waals surface area contributed by atoms with E-state index in [1.54, 1.807) is 40.8 Å². The van der Waals surface area contributed by atoms with E-state index in [2.05, 4.69) is 36.0 Å². The fourth-order valence-corrected chi connectivity index (χ4v) is 10.9. The van der Waals surface area contributed by atoms with Gasteiger partial charge in [0.1, 0.15) is 23.2 Å². The van der Waals surface area contributed by atoms with Gasteiger partial charge in [-0.3, -0.25) is 34.0 Å². The standard InChI is InChI=1S/C44H47F2N11O4S.2C2H6/c1-4-52(2)62-51-35-8-6-32(45)39(31(35)22-47)61-28-5-7-34-29(15-28)41(59)57(25-48-34)27-20-44(21-27)23-55(24-44)26-18-43(19-26)10-13-54(14-11-43)37-17-36-30(16-33(37)46)40(50-53(36)3)56-12-9-38(58)49-42(56)60;2*1-2/h5-8,15-17,25-27,51H,4,9-14,18-21,23-24H2,1-3H3,(H,49,58,60);2*1-2H3. The van der Waals surface area contributed by atoms with Gasteiger partial charge in [0.15, 0.2) is 17.4 Å². The van der Waals surface area contributed by atoms with Crippen molar-refractivity contribution < 1.29 is 23.1 Å². The zero-order valence-corrected chi connectivity index (χ0v) is 39.6. The van der Waals surface area contributed by atoms with Gasteiger partial charge in [-0.15, -0.1) is 0 Å². The molecular weight excluding hydrogens is 865 g/mol. The Morgan fingerprint density at radius 3 is 2.33 bits per heavy atom. The highest BCUT2D eigenvalue weighted by atomic mass is 32.2.